The lowest BCUT2D eigenvalue weighted by molar-refractivity contribution is 0.00739. The van der Waals surface area contributed by atoms with Crippen LogP contribution in [0.15, 0.2) is 72.8 Å². The number of hydrogen-bond donors (Lipinski definition) is 7. The normalized spacial score (nSPS) is 23.7. The van der Waals surface area contributed by atoms with E-state index in [0.717, 1.165) is 0 Å². The largest absolute Gasteiger partial charge is 0.508 e. The smallest absolute Gasteiger partial charge is 0.157 e. The number of aliphatic hydroxyl groups is 2. The number of aromatic hydroxyl groups is 5. The molecule has 39 heavy (non-hydrogen) atoms. The summed E-state index contributed by atoms with van der Waals surface area (Å²) in [5.74, 6) is -0.828. The van der Waals surface area contributed by atoms with Gasteiger partial charge >= 0.3 is 0 Å². The number of benzene rings is 4. The summed E-state index contributed by atoms with van der Waals surface area (Å²) in [6, 6.07) is 18.1. The van der Waals surface area contributed by atoms with Crippen molar-refractivity contribution in [1.82, 2.24) is 0 Å². The van der Waals surface area contributed by atoms with Crippen molar-refractivity contribution in [2.24, 2.45) is 0 Å². The van der Waals surface area contributed by atoms with Crippen molar-refractivity contribution >= 4 is 0 Å². The minimum absolute atomic E-state index is 0.0224. The van der Waals surface area contributed by atoms with Crippen LogP contribution in [0, 0.1) is 0 Å². The maximum Gasteiger partial charge on any atom is 0.157 e. The van der Waals surface area contributed by atoms with Crippen LogP contribution in [0.5, 0.6) is 40.2 Å². The van der Waals surface area contributed by atoms with Crippen LogP contribution in [-0.2, 0) is 6.42 Å². The number of rotatable bonds is 3. The molecule has 9 nitrogen and oxygen atoms in total. The molecule has 9 heteroatoms. The first-order chi connectivity index (χ1) is 18.7. The maximum atomic E-state index is 11.6. The van der Waals surface area contributed by atoms with E-state index in [0.29, 0.717) is 39.3 Å². The molecule has 2 aliphatic rings. The van der Waals surface area contributed by atoms with Gasteiger partial charge in [-0.1, -0.05) is 24.3 Å². The van der Waals surface area contributed by atoms with E-state index in [1.807, 2.05) is 0 Å². The Hall–Kier alpha value is -4.60. The third-order valence-electron chi connectivity index (χ3n) is 7.36. The van der Waals surface area contributed by atoms with Crippen LogP contribution in [0.4, 0.5) is 0 Å². The van der Waals surface area contributed by atoms with Crippen LogP contribution in [0.3, 0.4) is 0 Å². The number of phenols is 5. The molecule has 0 unspecified atom stereocenters. The van der Waals surface area contributed by atoms with E-state index in [4.69, 9.17) is 9.47 Å². The second kappa shape index (κ2) is 9.30. The highest BCUT2D eigenvalue weighted by molar-refractivity contribution is 5.56. The summed E-state index contributed by atoms with van der Waals surface area (Å²) < 4.78 is 12.1. The highest BCUT2D eigenvalue weighted by atomic mass is 16.5. The van der Waals surface area contributed by atoms with Crippen molar-refractivity contribution in [3.8, 4) is 40.2 Å². The Morgan fingerprint density at radius 1 is 0.564 bits per heavy atom. The van der Waals surface area contributed by atoms with Gasteiger partial charge < -0.3 is 45.2 Å². The fraction of sp³-hybridized carbons (Fsp3) is 0.200. The van der Waals surface area contributed by atoms with Gasteiger partial charge in [0.1, 0.15) is 41.0 Å². The first-order valence-electron chi connectivity index (χ1n) is 12.4. The Morgan fingerprint density at radius 3 is 2.00 bits per heavy atom. The van der Waals surface area contributed by atoms with E-state index in [9.17, 15) is 35.7 Å². The molecule has 6 rings (SSSR count). The predicted molar refractivity (Wildman–Crippen MR) is 138 cm³/mol. The van der Waals surface area contributed by atoms with Crippen LogP contribution >= 0.6 is 0 Å². The van der Waals surface area contributed by atoms with Gasteiger partial charge in [0.15, 0.2) is 17.6 Å². The van der Waals surface area contributed by atoms with E-state index >= 15 is 0 Å². The summed E-state index contributed by atoms with van der Waals surface area (Å²) in [5, 5.41) is 72.9. The summed E-state index contributed by atoms with van der Waals surface area (Å²) in [7, 11) is 0. The molecule has 5 atom stereocenters. The molecule has 0 saturated carbocycles. The fourth-order valence-corrected chi connectivity index (χ4v) is 5.43. The van der Waals surface area contributed by atoms with E-state index in [2.05, 4.69) is 0 Å². The van der Waals surface area contributed by atoms with Gasteiger partial charge in [-0.05, 0) is 53.1 Å². The molecule has 2 aliphatic heterocycles. The summed E-state index contributed by atoms with van der Waals surface area (Å²) in [6.07, 6.45) is -3.69. The first-order valence-corrected chi connectivity index (χ1v) is 12.4. The lowest BCUT2D eigenvalue weighted by atomic mass is 9.78. The Balaban J connectivity index is 1.40. The molecule has 0 saturated heterocycles. The van der Waals surface area contributed by atoms with E-state index in [1.165, 1.54) is 48.5 Å². The second-order valence-electron chi connectivity index (χ2n) is 9.90. The zero-order chi connectivity index (χ0) is 27.4. The molecule has 2 heterocycles. The van der Waals surface area contributed by atoms with Crippen molar-refractivity contribution in [3.05, 3.63) is 101 Å². The van der Waals surface area contributed by atoms with Gasteiger partial charge in [-0.15, -0.1) is 0 Å². The maximum absolute atomic E-state index is 11.6. The molecule has 4 aromatic carbocycles. The Labute approximate surface area is 223 Å². The topological polar surface area (TPSA) is 160 Å². The molecule has 7 N–H and O–H groups in total. The number of phenolic OH excluding ortho intramolecular Hbond substituents is 5. The third kappa shape index (κ3) is 4.31. The Bertz CT molecular complexity index is 1550. The molecular weight excluding hydrogens is 504 g/mol. The molecule has 0 spiro atoms. The average Bonchev–Trinajstić information content (AvgIpc) is 2.90. The molecular formula is C30H26O9. The van der Waals surface area contributed by atoms with Crippen molar-refractivity contribution in [2.45, 2.75) is 36.8 Å². The zero-order valence-electron chi connectivity index (χ0n) is 20.5. The van der Waals surface area contributed by atoms with Gasteiger partial charge in [-0.2, -0.15) is 0 Å². The predicted octanol–water partition coefficient (Wildman–Crippen LogP) is 3.88. The standard InChI is InChI=1S/C30H26O9/c31-17-4-1-14(2-5-17)30-28(37)27(19-7-6-18(32)12-26(19)39-30)20-9-16-11-24(36)29(38-25(16)13-22(20)34)15-3-8-21(33)23(35)10-15/h1-10,12-13,24,27-37H,11H2/t24-,27-,28-,29-,30+/m0/s1. The van der Waals surface area contributed by atoms with Crippen LogP contribution in [0.1, 0.15) is 45.9 Å². The zero-order valence-corrected chi connectivity index (χ0v) is 20.5. The summed E-state index contributed by atoms with van der Waals surface area (Å²) in [5.41, 5.74) is 2.60. The van der Waals surface area contributed by atoms with E-state index < -0.39 is 30.3 Å². The van der Waals surface area contributed by atoms with Crippen molar-refractivity contribution in [3.63, 3.8) is 0 Å². The van der Waals surface area contributed by atoms with Gasteiger partial charge in [0.2, 0.25) is 0 Å². The van der Waals surface area contributed by atoms with Crippen LogP contribution in [0.2, 0.25) is 0 Å². The average molecular weight is 531 g/mol. The molecule has 0 amide bonds. The summed E-state index contributed by atoms with van der Waals surface area (Å²) in [4.78, 5) is 0. The van der Waals surface area contributed by atoms with Crippen LogP contribution < -0.4 is 9.47 Å². The summed E-state index contributed by atoms with van der Waals surface area (Å²) >= 11 is 0. The van der Waals surface area contributed by atoms with Crippen molar-refractivity contribution in [1.29, 1.82) is 0 Å². The van der Waals surface area contributed by atoms with Gasteiger partial charge in [0, 0.05) is 35.6 Å². The van der Waals surface area contributed by atoms with Crippen molar-refractivity contribution < 1.29 is 45.2 Å². The highest BCUT2D eigenvalue weighted by Gasteiger charge is 2.41. The van der Waals surface area contributed by atoms with Gasteiger partial charge in [0.25, 0.3) is 0 Å². The molecule has 0 aliphatic carbocycles. The Kier molecular flexibility index (Phi) is 5.90. The Morgan fingerprint density at radius 2 is 1.26 bits per heavy atom. The highest BCUT2D eigenvalue weighted by Crippen LogP contribution is 2.50. The number of fused-ring (bicyclic) bond motifs is 2. The number of hydrogen-bond acceptors (Lipinski definition) is 9. The minimum Gasteiger partial charge on any atom is -0.508 e. The lowest BCUT2D eigenvalue weighted by Gasteiger charge is -2.38. The van der Waals surface area contributed by atoms with Crippen molar-refractivity contribution in [2.75, 3.05) is 0 Å². The monoisotopic (exact) mass is 530 g/mol. The number of aliphatic hydroxyl groups excluding tert-OH is 2. The molecule has 0 radical (unpaired) electrons. The van der Waals surface area contributed by atoms with Gasteiger partial charge in [-0.25, -0.2) is 0 Å². The molecule has 200 valence electrons. The van der Waals surface area contributed by atoms with E-state index in [-0.39, 0.29) is 35.2 Å². The third-order valence-corrected chi connectivity index (χ3v) is 7.36. The quantitative estimate of drug-likeness (QED) is 0.195. The molecule has 4 aromatic rings. The number of ether oxygens (including phenoxy) is 2. The molecule has 0 bridgehead atoms. The minimum atomic E-state index is -1.15. The fourth-order valence-electron chi connectivity index (χ4n) is 5.43. The summed E-state index contributed by atoms with van der Waals surface area (Å²) in [6.45, 7) is 0. The first kappa shape index (κ1) is 24.7. The SMILES string of the molecule is Oc1ccc([C@H]2Oc3cc(O)ccc3[C@@H](c3cc4c(cc3O)O[C@@H](c3ccc(O)c(O)c3)[C@@H](O)C4)[C@@H]2O)cc1. The van der Waals surface area contributed by atoms with Gasteiger partial charge in [-0.3, -0.25) is 0 Å². The van der Waals surface area contributed by atoms with E-state index in [1.54, 1.807) is 24.3 Å². The van der Waals surface area contributed by atoms with Crippen LogP contribution in [-0.4, -0.2) is 48.0 Å². The van der Waals surface area contributed by atoms with Crippen LogP contribution in [0.25, 0.3) is 0 Å². The second-order valence-corrected chi connectivity index (χ2v) is 9.90. The molecule has 0 fully saturated rings. The lowest BCUT2D eigenvalue weighted by Crippen LogP contribution is -2.35. The van der Waals surface area contributed by atoms with Gasteiger partial charge in [0.05, 0.1) is 6.10 Å². The molecule has 0 aromatic heterocycles.